The predicted octanol–water partition coefficient (Wildman–Crippen LogP) is 12.3. The molecule has 7 aromatic rings. The van der Waals surface area contributed by atoms with E-state index in [0.29, 0.717) is 0 Å². The van der Waals surface area contributed by atoms with Crippen LogP contribution >= 0.6 is 0 Å². The fourth-order valence-corrected chi connectivity index (χ4v) is 8.90. The van der Waals surface area contributed by atoms with Gasteiger partial charge in [0.1, 0.15) is 23.0 Å². The lowest BCUT2D eigenvalue weighted by Gasteiger charge is -2.28. The van der Waals surface area contributed by atoms with Crippen molar-refractivity contribution in [1.82, 2.24) is 19.9 Å². The highest BCUT2D eigenvalue weighted by Gasteiger charge is 2.23. The molecule has 8 bridgehead atoms. The summed E-state index contributed by atoms with van der Waals surface area (Å²) in [6, 6.07) is 39.5. The summed E-state index contributed by atoms with van der Waals surface area (Å²) in [5.41, 5.74) is 16.3. The zero-order valence-electron chi connectivity index (χ0n) is 35.3. The van der Waals surface area contributed by atoms with Gasteiger partial charge in [-0.2, -0.15) is 0 Å². The first-order valence-electron chi connectivity index (χ1n) is 21.0. The molecule has 0 spiro atoms. The van der Waals surface area contributed by atoms with Gasteiger partial charge in [0.05, 0.1) is 67.9 Å². The summed E-state index contributed by atoms with van der Waals surface area (Å²) in [4.78, 5) is 21.4. The summed E-state index contributed by atoms with van der Waals surface area (Å²) in [6.45, 7) is 1.92. The van der Waals surface area contributed by atoms with E-state index in [0.717, 1.165) is 144 Å². The summed E-state index contributed by atoms with van der Waals surface area (Å²) in [5.74, 6) is 3.15. The number of ether oxygens (including phenoxy) is 4. The number of rotatable bonds is 9. The molecule has 3 aliphatic rings. The van der Waals surface area contributed by atoms with E-state index in [4.69, 9.17) is 28.9 Å². The average molecular weight is 818 g/mol. The number of aromatic amines is 2. The topological polar surface area (TPSA) is 97.5 Å². The van der Waals surface area contributed by atoms with Crippen molar-refractivity contribution in [2.45, 2.75) is 19.3 Å². The van der Waals surface area contributed by atoms with Gasteiger partial charge in [0.25, 0.3) is 0 Å². The number of nitrogens with one attached hydrogen (secondary N) is 2. The summed E-state index contributed by atoms with van der Waals surface area (Å²) in [5, 5.41) is 0. The number of fused-ring (bicyclic) bond motifs is 8. The largest absolute Gasteiger partial charge is 0.497 e. The van der Waals surface area contributed by atoms with Gasteiger partial charge < -0.3 is 33.8 Å². The van der Waals surface area contributed by atoms with Crippen molar-refractivity contribution in [2.24, 2.45) is 0 Å². The van der Waals surface area contributed by atoms with Gasteiger partial charge in [-0.1, -0.05) is 48.5 Å². The van der Waals surface area contributed by atoms with E-state index in [1.54, 1.807) is 28.4 Å². The number of methoxy groups -OCH3 is 4. The number of anilines is 1. The van der Waals surface area contributed by atoms with Crippen molar-refractivity contribution in [3.63, 3.8) is 0 Å². The minimum atomic E-state index is 0.784. The highest BCUT2D eigenvalue weighted by Crippen LogP contribution is 2.42. The van der Waals surface area contributed by atoms with E-state index in [-0.39, 0.29) is 0 Å². The van der Waals surface area contributed by atoms with Crippen molar-refractivity contribution in [3.8, 4) is 67.5 Å². The Labute approximate surface area is 361 Å². The number of hydrogen-bond acceptors (Lipinski definition) is 7. The monoisotopic (exact) mass is 817 g/mol. The first-order valence-corrected chi connectivity index (χ1v) is 21.0. The number of aromatic nitrogens is 4. The molecular weight excluding hydrogens is 771 g/mol. The van der Waals surface area contributed by atoms with Crippen LogP contribution in [-0.2, 0) is 0 Å². The zero-order valence-corrected chi connectivity index (χ0v) is 35.3. The molecule has 3 aromatic heterocycles. The van der Waals surface area contributed by atoms with E-state index >= 15 is 0 Å². The van der Waals surface area contributed by atoms with Gasteiger partial charge in [0.15, 0.2) is 0 Å². The first kappa shape index (κ1) is 38.7. The van der Waals surface area contributed by atoms with Gasteiger partial charge in [-0.25, -0.2) is 9.97 Å². The van der Waals surface area contributed by atoms with Crippen LogP contribution in [0.5, 0.6) is 23.0 Å². The highest BCUT2D eigenvalue weighted by atomic mass is 16.5. The van der Waals surface area contributed by atoms with E-state index in [9.17, 15) is 0 Å². The maximum absolute atomic E-state index is 5.64. The molecule has 4 aromatic carbocycles. The molecule has 2 N–H and O–H groups in total. The second-order valence-electron chi connectivity index (χ2n) is 15.6. The molecule has 0 aliphatic carbocycles. The third kappa shape index (κ3) is 7.15. The van der Waals surface area contributed by atoms with Crippen LogP contribution in [0.15, 0.2) is 115 Å². The smallest absolute Gasteiger partial charge is 0.118 e. The Morgan fingerprint density at radius 1 is 0.403 bits per heavy atom. The Kier molecular flexibility index (Phi) is 10.3. The molecule has 0 unspecified atom stereocenters. The number of hydrogen-bond donors (Lipinski definition) is 2. The number of nitrogens with zero attached hydrogens (tertiary/aromatic N) is 3. The second-order valence-corrected chi connectivity index (χ2v) is 15.6. The lowest BCUT2D eigenvalue weighted by Crippen LogP contribution is -2.29. The molecule has 308 valence electrons. The van der Waals surface area contributed by atoms with Gasteiger partial charge in [0, 0.05) is 46.4 Å². The average Bonchev–Trinajstić information content (AvgIpc) is 4.18. The highest BCUT2D eigenvalue weighted by molar-refractivity contribution is 6.03. The van der Waals surface area contributed by atoms with Gasteiger partial charge in [-0.05, 0) is 133 Å². The van der Waals surface area contributed by atoms with E-state index in [1.165, 1.54) is 6.42 Å². The van der Waals surface area contributed by atoms with Gasteiger partial charge in [-0.3, -0.25) is 0 Å². The fraction of sp³-hybridized carbons (Fsp3) is 0.170. The molecular formula is C53H47N5O4. The molecule has 10 rings (SSSR count). The molecule has 6 heterocycles. The van der Waals surface area contributed by atoms with Crippen LogP contribution < -0.4 is 23.8 Å². The van der Waals surface area contributed by atoms with Crippen LogP contribution in [0.1, 0.15) is 42.0 Å². The maximum Gasteiger partial charge on any atom is 0.118 e. The molecule has 0 saturated carbocycles. The lowest BCUT2D eigenvalue weighted by atomic mass is 10.0. The Balaban J connectivity index is 1.39. The summed E-state index contributed by atoms with van der Waals surface area (Å²) in [7, 11) is 6.77. The van der Waals surface area contributed by atoms with Crippen molar-refractivity contribution >= 4 is 52.1 Å². The van der Waals surface area contributed by atoms with Gasteiger partial charge >= 0.3 is 0 Å². The van der Waals surface area contributed by atoms with E-state index < -0.39 is 0 Å². The minimum Gasteiger partial charge on any atom is -0.497 e. The van der Waals surface area contributed by atoms with Crippen molar-refractivity contribution in [2.75, 3.05) is 46.4 Å². The molecule has 1 saturated heterocycles. The molecule has 0 atom stereocenters. The molecule has 3 aliphatic heterocycles. The van der Waals surface area contributed by atoms with Gasteiger partial charge in [-0.15, -0.1) is 0 Å². The zero-order chi connectivity index (χ0) is 42.2. The molecule has 0 amide bonds. The summed E-state index contributed by atoms with van der Waals surface area (Å²) in [6.07, 6.45) is 12.0. The Hall–Kier alpha value is -7.52. The van der Waals surface area contributed by atoms with Crippen LogP contribution in [0.4, 0.5) is 5.69 Å². The summed E-state index contributed by atoms with van der Waals surface area (Å²) >= 11 is 0. The van der Waals surface area contributed by atoms with Crippen molar-refractivity contribution in [3.05, 3.63) is 138 Å². The number of H-pyrrole nitrogens is 2. The lowest BCUT2D eigenvalue weighted by molar-refractivity contribution is 0.415. The number of benzene rings is 4. The van der Waals surface area contributed by atoms with Crippen LogP contribution in [0, 0.1) is 0 Å². The van der Waals surface area contributed by atoms with Crippen molar-refractivity contribution in [1.29, 1.82) is 0 Å². The van der Waals surface area contributed by atoms with Crippen LogP contribution in [0.2, 0.25) is 0 Å². The van der Waals surface area contributed by atoms with Gasteiger partial charge in [0.2, 0.25) is 0 Å². The Morgan fingerprint density at radius 2 is 0.758 bits per heavy atom. The Bertz CT molecular complexity index is 3010. The minimum absolute atomic E-state index is 0.784. The molecule has 62 heavy (non-hydrogen) atoms. The third-order valence-corrected chi connectivity index (χ3v) is 12.1. The van der Waals surface area contributed by atoms with Crippen LogP contribution in [0.25, 0.3) is 90.9 Å². The third-order valence-electron chi connectivity index (χ3n) is 12.1. The predicted molar refractivity (Wildman–Crippen MR) is 253 cm³/mol. The molecule has 1 fully saturated rings. The van der Waals surface area contributed by atoms with Crippen LogP contribution in [-0.4, -0.2) is 61.5 Å². The quantitative estimate of drug-likeness (QED) is 0.150. The molecule has 9 nitrogen and oxygen atoms in total. The standard InChI is InChI=1S/C53H47N5O4/c1-59-37-16-8-33(9-17-37)49-41-24-25-42(54-41)50(34-10-18-38(60-2)19-11-34)44-28-29-46(56-44)52(36-14-22-40(62-4)23-15-36)53-48(58-30-6-5-7-31-58)32-47(57-53)51(45-27-26-43(49)55-45)35-12-20-39(61-3)21-13-35/h8-29,32,54,57H,5-7,30-31H2,1-4H3. The summed E-state index contributed by atoms with van der Waals surface area (Å²) < 4.78 is 22.4. The SMILES string of the molecule is COc1ccc(-c2c3nc(c(-c4ccc(OC)cc4)c4cc(N5CCCCC5)c([nH]4)c(-c4ccc(OC)cc4)c4nc(c(-c5ccc(OC)cc5)c5ccc2[nH]5)C=C4)C=C3)cc1. The van der Waals surface area contributed by atoms with Crippen molar-refractivity contribution < 1.29 is 18.9 Å². The fourth-order valence-electron chi connectivity index (χ4n) is 8.90. The van der Waals surface area contributed by atoms with Crippen LogP contribution in [0.3, 0.4) is 0 Å². The number of piperidine rings is 1. The first-order chi connectivity index (χ1) is 30.5. The maximum atomic E-state index is 5.64. The van der Waals surface area contributed by atoms with E-state index in [1.807, 2.05) is 48.5 Å². The second kappa shape index (κ2) is 16.5. The normalized spacial score (nSPS) is 13.3. The van der Waals surface area contributed by atoms with E-state index in [2.05, 4.69) is 106 Å². The molecule has 9 heteroatoms. The Morgan fingerprint density at radius 3 is 1.15 bits per heavy atom. The molecule has 0 radical (unpaired) electrons.